The summed E-state index contributed by atoms with van der Waals surface area (Å²) < 4.78 is 5.16. The molecular weight excluding hydrogens is 471 g/mol. The summed E-state index contributed by atoms with van der Waals surface area (Å²) in [7, 11) is 0. The van der Waals surface area contributed by atoms with Crippen molar-refractivity contribution >= 4 is 46.0 Å². The van der Waals surface area contributed by atoms with Gasteiger partial charge in [0.25, 0.3) is 0 Å². The predicted molar refractivity (Wildman–Crippen MR) is 137 cm³/mol. The molecular formula is C27H30Cl2N2O3. The topological polar surface area (TPSA) is 62.4 Å². The van der Waals surface area contributed by atoms with Gasteiger partial charge in [0, 0.05) is 42.5 Å². The molecule has 0 saturated carbocycles. The molecule has 1 N–H and O–H groups in total. The zero-order chi connectivity index (χ0) is 24.2. The van der Waals surface area contributed by atoms with E-state index in [0.717, 1.165) is 28.5 Å². The lowest BCUT2D eigenvalue weighted by Crippen LogP contribution is -2.41. The molecule has 0 spiro atoms. The number of ether oxygens (including phenoxy) is 1. The third kappa shape index (κ3) is 5.11. The first kappa shape index (κ1) is 24.6. The van der Waals surface area contributed by atoms with Crippen molar-refractivity contribution in [2.75, 3.05) is 19.7 Å². The van der Waals surface area contributed by atoms with Crippen LogP contribution in [0.2, 0.25) is 10.0 Å². The normalized spacial score (nSPS) is 15.5. The van der Waals surface area contributed by atoms with E-state index in [1.54, 1.807) is 6.07 Å². The summed E-state index contributed by atoms with van der Waals surface area (Å²) in [6, 6.07) is 11.9. The number of halogens is 2. The summed E-state index contributed by atoms with van der Waals surface area (Å²) in [5.41, 5.74) is 4.36. The number of H-pyrrole nitrogens is 1. The van der Waals surface area contributed by atoms with Crippen molar-refractivity contribution in [2.24, 2.45) is 5.92 Å². The number of nitrogens with zero attached hydrogens (tertiary/aromatic N) is 1. The highest BCUT2D eigenvalue weighted by molar-refractivity contribution is 6.42. The molecule has 1 amide bonds. The van der Waals surface area contributed by atoms with E-state index in [1.165, 1.54) is 5.56 Å². The zero-order valence-electron chi connectivity index (χ0n) is 19.6. The zero-order valence-corrected chi connectivity index (χ0v) is 21.1. The first-order chi connectivity index (χ1) is 16.4. The summed E-state index contributed by atoms with van der Waals surface area (Å²) in [5.74, 6) is -0.393. The van der Waals surface area contributed by atoms with Crippen molar-refractivity contribution in [1.82, 2.24) is 9.88 Å². The Balaban J connectivity index is 1.61. The van der Waals surface area contributed by atoms with Crippen LogP contribution in [0, 0.1) is 5.92 Å². The Morgan fingerprint density at radius 1 is 1.12 bits per heavy atom. The molecule has 1 atom stereocenters. The molecule has 2 aromatic carbocycles. The van der Waals surface area contributed by atoms with E-state index in [0.29, 0.717) is 49.0 Å². The van der Waals surface area contributed by atoms with Crippen molar-refractivity contribution in [3.8, 4) is 0 Å². The number of carbonyl (C=O) groups excluding carboxylic acids is 2. The average molecular weight is 501 g/mol. The maximum Gasteiger partial charge on any atom is 0.309 e. The minimum atomic E-state index is -0.175. The summed E-state index contributed by atoms with van der Waals surface area (Å²) in [4.78, 5) is 30.8. The second-order valence-electron chi connectivity index (χ2n) is 8.77. The smallest absolute Gasteiger partial charge is 0.309 e. The van der Waals surface area contributed by atoms with Crippen LogP contribution in [0.5, 0.6) is 0 Å². The van der Waals surface area contributed by atoms with Gasteiger partial charge in [-0.05, 0) is 55.0 Å². The van der Waals surface area contributed by atoms with Crippen molar-refractivity contribution in [2.45, 2.75) is 45.4 Å². The summed E-state index contributed by atoms with van der Waals surface area (Å²) in [5, 5.41) is 2.08. The third-order valence-corrected chi connectivity index (χ3v) is 7.52. The number of para-hydroxylation sites is 1. The lowest BCUT2D eigenvalue weighted by Gasteiger charge is -2.32. The Morgan fingerprint density at radius 2 is 1.88 bits per heavy atom. The number of likely N-dealkylation sites (tertiary alicyclic amines) is 1. The minimum Gasteiger partial charge on any atom is -0.466 e. The highest BCUT2D eigenvalue weighted by atomic mass is 35.5. The highest BCUT2D eigenvalue weighted by Gasteiger charge is 2.30. The summed E-state index contributed by atoms with van der Waals surface area (Å²) in [6.45, 7) is 5.45. The van der Waals surface area contributed by atoms with E-state index >= 15 is 0 Å². The number of esters is 1. The molecule has 1 fully saturated rings. The first-order valence-electron chi connectivity index (χ1n) is 11.9. The van der Waals surface area contributed by atoms with Gasteiger partial charge < -0.3 is 14.6 Å². The van der Waals surface area contributed by atoms with E-state index in [2.05, 4.69) is 30.1 Å². The van der Waals surface area contributed by atoms with Crippen LogP contribution >= 0.6 is 23.2 Å². The van der Waals surface area contributed by atoms with Gasteiger partial charge in [-0.2, -0.15) is 0 Å². The van der Waals surface area contributed by atoms with Crippen LogP contribution in [-0.4, -0.2) is 41.5 Å². The van der Waals surface area contributed by atoms with E-state index in [4.69, 9.17) is 27.9 Å². The molecule has 1 aliphatic rings. The van der Waals surface area contributed by atoms with Gasteiger partial charge in [-0.3, -0.25) is 9.59 Å². The molecule has 5 nitrogen and oxygen atoms in total. The van der Waals surface area contributed by atoms with Gasteiger partial charge in [-0.1, -0.05) is 54.4 Å². The van der Waals surface area contributed by atoms with Crippen molar-refractivity contribution < 1.29 is 14.3 Å². The second kappa shape index (κ2) is 10.8. The largest absolute Gasteiger partial charge is 0.466 e. The number of rotatable bonds is 7. The molecule has 180 valence electrons. The molecule has 0 aliphatic carbocycles. The Labute approximate surface area is 210 Å². The molecule has 3 aromatic rings. The van der Waals surface area contributed by atoms with E-state index in [1.807, 2.05) is 30.2 Å². The summed E-state index contributed by atoms with van der Waals surface area (Å²) >= 11 is 12.5. The maximum absolute atomic E-state index is 13.4. The Morgan fingerprint density at radius 3 is 2.56 bits per heavy atom. The van der Waals surface area contributed by atoms with Gasteiger partial charge in [-0.25, -0.2) is 0 Å². The van der Waals surface area contributed by atoms with Crippen LogP contribution in [0.1, 0.15) is 55.7 Å². The molecule has 7 heteroatoms. The fourth-order valence-electron chi connectivity index (χ4n) is 4.89. The van der Waals surface area contributed by atoms with E-state index in [9.17, 15) is 9.59 Å². The number of nitrogens with one attached hydrogen (secondary N) is 1. The van der Waals surface area contributed by atoms with E-state index in [-0.39, 0.29) is 23.7 Å². The van der Waals surface area contributed by atoms with Gasteiger partial charge in [0.05, 0.1) is 22.6 Å². The number of aromatic amines is 1. The van der Waals surface area contributed by atoms with Gasteiger partial charge in [0.1, 0.15) is 0 Å². The molecule has 34 heavy (non-hydrogen) atoms. The molecule has 2 heterocycles. The van der Waals surface area contributed by atoms with Crippen molar-refractivity contribution in [3.63, 3.8) is 0 Å². The number of carbonyl (C=O) groups is 2. The average Bonchev–Trinajstić information content (AvgIpc) is 3.28. The fourth-order valence-corrected chi connectivity index (χ4v) is 5.19. The predicted octanol–water partition coefficient (Wildman–Crippen LogP) is 6.36. The molecule has 0 radical (unpaired) electrons. The number of aryl methyl sites for hydroxylation is 1. The number of fused-ring (bicyclic) bond motifs is 1. The molecule has 0 bridgehead atoms. The van der Waals surface area contributed by atoms with Crippen LogP contribution in [-0.2, 0) is 20.7 Å². The Hall–Kier alpha value is -2.50. The lowest BCUT2D eigenvalue weighted by molar-refractivity contribution is -0.151. The fraction of sp³-hybridized carbons (Fsp3) is 0.407. The minimum absolute atomic E-state index is 0.0689. The lowest BCUT2D eigenvalue weighted by atomic mass is 9.87. The van der Waals surface area contributed by atoms with Crippen LogP contribution in [0.3, 0.4) is 0 Å². The Kier molecular flexibility index (Phi) is 7.84. The third-order valence-electron chi connectivity index (χ3n) is 6.78. The number of amides is 1. The number of aromatic nitrogens is 1. The number of hydrogen-bond donors (Lipinski definition) is 1. The molecule has 4 rings (SSSR count). The molecule has 1 aliphatic heterocycles. The van der Waals surface area contributed by atoms with Crippen LogP contribution in [0.4, 0.5) is 0 Å². The van der Waals surface area contributed by atoms with Crippen molar-refractivity contribution in [3.05, 3.63) is 69.3 Å². The van der Waals surface area contributed by atoms with Crippen LogP contribution in [0.25, 0.3) is 10.9 Å². The highest BCUT2D eigenvalue weighted by Crippen LogP contribution is 2.37. The van der Waals surface area contributed by atoms with Gasteiger partial charge in [-0.15, -0.1) is 0 Å². The SMILES string of the molecule is CCOC(=O)C1CCN(C(=O)C[C@H](c2ccc(Cl)c(Cl)c2)c2c[nH]c3c(CC)cccc23)CC1. The number of benzene rings is 2. The first-order valence-corrected chi connectivity index (χ1v) is 12.7. The standard InChI is InChI=1S/C27H30Cl2N2O3/c1-3-17-6-5-7-20-22(16-30-26(17)20)21(19-8-9-23(28)24(29)14-19)15-25(32)31-12-10-18(11-13-31)27(33)34-4-2/h5-9,14,16,18,21,30H,3-4,10-13,15H2,1-2H3/t21-/m1/s1. The summed E-state index contributed by atoms with van der Waals surface area (Å²) in [6.07, 6.45) is 4.51. The maximum atomic E-state index is 13.4. The second-order valence-corrected chi connectivity index (χ2v) is 9.59. The van der Waals surface area contributed by atoms with E-state index < -0.39 is 0 Å². The molecule has 1 saturated heterocycles. The van der Waals surface area contributed by atoms with Crippen LogP contribution in [0.15, 0.2) is 42.6 Å². The molecule has 1 aromatic heterocycles. The number of piperidine rings is 1. The van der Waals surface area contributed by atoms with Crippen molar-refractivity contribution in [1.29, 1.82) is 0 Å². The van der Waals surface area contributed by atoms with Crippen LogP contribution < -0.4 is 0 Å². The monoisotopic (exact) mass is 500 g/mol. The van der Waals surface area contributed by atoms with Gasteiger partial charge >= 0.3 is 5.97 Å². The number of hydrogen-bond acceptors (Lipinski definition) is 3. The molecule has 0 unspecified atom stereocenters. The van der Waals surface area contributed by atoms with Gasteiger partial charge in [0.2, 0.25) is 5.91 Å². The van der Waals surface area contributed by atoms with Gasteiger partial charge in [0.15, 0.2) is 0 Å². The Bertz CT molecular complexity index is 1180. The quantitative estimate of drug-likeness (QED) is 0.383.